The molecule has 31 heavy (non-hydrogen) atoms. The van der Waals surface area contributed by atoms with E-state index in [0.717, 1.165) is 31.8 Å². The van der Waals surface area contributed by atoms with Gasteiger partial charge in [0.25, 0.3) is 5.91 Å². The van der Waals surface area contributed by atoms with Crippen molar-refractivity contribution in [1.29, 1.82) is 0 Å². The Morgan fingerprint density at radius 3 is 2.29 bits per heavy atom. The number of thiophene rings is 1. The van der Waals surface area contributed by atoms with E-state index in [1.54, 1.807) is 20.9 Å². The van der Waals surface area contributed by atoms with E-state index in [2.05, 4.69) is 22.4 Å². The van der Waals surface area contributed by atoms with Crippen LogP contribution in [0.4, 0.5) is 5.00 Å². The average Bonchev–Trinajstić information content (AvgIpc) is 3.17. The van der Waals surface area contributed by atoms with Gasteiger partial charge in [-0.2, -0.15) is 0 Å². The van der Waals surface area contributed by atoms with Gasteiger partial charge >= 0.3 is 5.97 Å². The number of hydrogen-bond acceptors (Lipinski definition) is 6. The highest BCUT2D eigenvalue weighted by molar-refractivity contribution is 7.19. The van der Waals surface area contributed by atoms with Crippen LogP contribution in [0.25, 0.3) is 21.2 Å². The second kappa shape index (κ2) is 10.1. The summed E-state index contributed by atoms with van der Waals surface area (Å²) >= 11 is 1.49. The first-order valence-electron chi connectivity index (χ1n) is 9.41. The Kier molecular flexibility index (Phi) is 7.73. The van der Waals surface area contributed by atoms with Crippen molar-refractivity contribution in [1.82, 2.24) is 5.32 Å². The number of carboxylic acid groups (broad SMARTS) is 1. The lowest BCUT2D eigenvalue weighted by atomic mass is 10.0. The minimum absolute atomic E-state index is 0.250. The molecule has 0 aliphatic heterocycles. The van der Waals surface area contributed by atoms with Gasteiger partial charge in [0, 0.05) is 18.5 Å². The number of carbonyl (C=O) groups is 3. The van der Waals surface area contributed by atoms with Crippen molar-refractivity contribution < 1.29 is 19.5 Å². The predicted molar refractivity (Wildman–Crippen MR) is 124 cm³/mol. The maximum absolute atomic E-state index is 11.6. The molecule has 0 atom stereocenters. The van der Waals surface area contributed by atoms with Crippen LogP contribution in [0.5, 0.6) is 0 Å². The van der Waals surface area contributed by atoms with Crippen LogP contribution < -0.4 is 22.1 Å². The number of aliphatic carboxylic acids is 1. The molecule has 2 amide bonds. The Morgan fingerprint density at radius 1 is 1.13 bits per heavy atom. The summed E-state index contributed by atoms with van der Waals surface area (Å²) in [5, 5.41) is 18.2. The van der Waals surface area contributed by atoms with Crippen molar-refractivity contribution in [2.75, 3.05) is 12.4 Å². The molecule has 1 aromatic heterocycles. The molecule has 1 heterocycles. The third-order valence-electron chi connectivity index (χ3n) is 4.68. The highest BCUT2D eigenvalue weighted by atomic mass is 32.1. The molecule has 3 aromatic rings. The number of rotatable bonds is 7. The number of carbonyl (C=O) groups excluding carboxylic acids is 2. The van der Waals surface area contributed by atoms with Gasteiger partial charge in [-0.15, -0.1) is 11.3 Å². The highest BCUT2D eigenvalue weighted by Gasteiger charge is 2.25. The number of carboxylic acids is 1. The fraction of sp³-hybridized carbons (Fsp3) is 0.227. The molecule has 164 valence electrons. The number of anilines is 1. The van der Waals surface area contributed by atoms with E-state index in [-0.39, 0.29) is 6.41 Å². The first-order valence-corrected chi connectivity index (χ1v) is 10.2. The first-order chi connectivity index (χ1) is 14.6. The second-order valence-corrected chi connectivity index (χ2v) is 8.34. The molecule has 0 saturated carbocycles. The van der Waals surface area contributed by atoms with Crippen LogP contribution >= 0.6 is 11.3 Å². The molecule has 2 aromatic carbocycles. The first kappa shape index (κ1) is 23.8. The van der Waals surface area contributed by atoms with E-state index < -0.39 is 17.4 Å². The molecule has 0 radical (unpaired) electrons. The van der Waals surface area contributed by atoms with Gasteiger partial charge < -0.3 is 21.9 Å². The number of fused-ring (bicyclic) bond motifs is 1. The molecule has 0 fully saturated rings. The van der Waals surface area contributed by atoms with Gasteiger partial charge in [0.05, 0.1) is 5.56 Å². The van der Waals surface area contributed by atoms with E-state index in [4.69, 9.17) is 10.5 Å². The number of nitrogens with two attached hydrogens (primary N) is 2. The normalized spacial score (nSPS) is 10.8. The topological polar surface area (TPSA) is 148 Å². The van der Waals surface area contributed by atoms with Crippen molar-refractivity contribution >= 4 is 45.4 Å². The lowest BCUT2D eigenvalue weighted by Crippen LogP contribution is -2.46. The van der Waals surface area contributed by atoms with Crippen LogP contribution in [0.2, 0.25) is 0 Å². The Bertz CT molecular complexity index is 1110. The summed E-state index contributed by atoms with van der Waals surface area (Å²) in [6, 6.07) is 14.0. The molecule has 8 nitrogen and oxygen atoms in total. The van der Waals surface area contributed by atoms with Gasteiger partial charge in [-0.05, 0) is 53.9 Å². The van der Waals surface area contributed by atoms with E-state index in [1.165, 1.54) is 11.3 Å². The summed E-state index contributed by atoms with van der Waals surface area (Å²) in [5.41, 5.74) is 11.2. The molecule has 3 rings (SSSR count). The molecular formula is C22H26N4O4S. The maximum Gasteiger partial charge on any atom is 0.323 e. The van der Waals surface area contributed by atoms with E-state index in [9.17, 15) is 14.7 Å². The quantitative estimate of drug-likeness (QED) is 0.355. The fourth-order valence-corrected chi connectivity index (χ4v) is 3.87. The lowest BCUT2D eigenvalue weighted by Gasteiger charge is -2.21. The van der Waals surface area contributed by atoms with Crippen molar-refractivity contribution in [3.8, 4) is 10.4 Å². The van der Waals surface area contributed by atoms with Gasteiger partial charge in [-0.1, -0.05) is 24.3 Å². The third-order valence-corrected chi connectivity index (χ3v) is 5.88. The monoisotopic (exact) mass is 442 g/mol. The van der Waals surface area contributed by atoms with Crippen molar-refractivity contribution in [3.63, 3.8) is 0 Å². The van der Waals surface area contributed by atoms with Gasteiger partial charge in [0.2, 0.25) is 6.41 Å². The Hall–Kier alpha value is -3.43. The van der Waals surface area contributed by atoms with Crippen LogP contribution in [-0.4, -0.2) is 36.0 Å². The Labute approximate surface area is 184 Å². The summed E-state index contributed by atoms with van der Waals surface area (Å²) in [7, 11) is 1.77. The third kappa shape index (κ3) is 5.80. The molecule has 7 N–H and O–H groups in total. The number of primary amides is 2. The highest BCUT2D eigenvalue weighted by Crippen LogP contribution is 2.36. The summed E-state index contributed by atoms with van der Waals surface area (Å²) < 4.78 is 0. The number of nitrogens with one attached hydrogen (secondary N) is 2. The zero-order chi connectivity index (χ0) is 23.2. The summed E-state index contributed by atoms with van der Waals surface area (Å²) in [6.45, 7) is 3.75. The summed E-state index contributed by atoms with van der Waals surface area (Å²) in [6.07, 6.45) is 0.250. The smallest absolute Gasteiger partial charge is 0.323 e. The van der Waals surface area contributed by atoms with Crippen LogP contribution in [0.3, 0.4) is 0 Å². The summed E-state index contributed by atoms with van der Waals surface area (Å²) in [4.78, 5) is 32.4. The zero-order valence-electron chi connectivity index (χ0n) is 17.6. The lowest BCUT2D eigenvalue weighted by molar-refractivity contribution is -0.143. The van der Waals surface area contributed by atoms with Crippen molar-refractivity contribution in [3.05, 3.63) is 53.6 Å². The number of hydrogen-bond donors (Lipinski definition) is 5. The van der Waals surface area contributed by atoms with Gasteiger partial charge in [-0.3, -0.25) is 19.7 Å². The Balaban J connectivity index is 0.00000107. The van der Waals surface area contributed by atoms with Crippen molar-refractivity contribution in [2.24, 2.45) is 11.5 Å². The summed E-state index contributed by atoms with van der Waals surface area (Å²) in [5.74, 6) is -1.33. The van der Waals surface area contributed by atoms with E-state index in [1.807, 2.05) is 36.4 Å². The minimum Gasteiger partial charge on any atom is -0.480 e. The standard InChI is InChI=1S/C21H23N3O3S.CH3NO/c1-21(2,20(26)27)24-11-12-4-5-14-9-15(7-6-13(14)8-12)17-10-16(18(22)25)19(23-3)28-17;2-1-3/h4-10,23-24H,11H2,1-3H3,(H2,22,25)(H,26,27);1H,(H2,2,3). The van der Waals surface area contributed by atoms with Gasteiger partial charge in [-0.25, -0.2) is 0 Å². The number of amides is 2. The molecule has 0 spiro atoms. The molecule has 0 aliphatic rings. The average molecular weight is 443 g/mol. The van der Waals surface area contributed by atoms with Gasteiger partial charge in [0.15, 0.2) is 0 Å². The molecule has 0 unspecified atom stereocenters. The van der Waals surface area contributed by atoms with Gasteiger partial charge in [0.1, 0.15) is 10.5 Å². The van der Waals surface area contributed by atoms with Crippen molar-refractivity contribution in [2.45, 2.75) is 25.9 Å². The SMILES string of the molecule is CNc1sc(-c2ccc3cc(CNC(C)(C)C(=O)O)ccc3c2)cc1C(N)=O.NC=O. The van der Waals surface area contributed by atoms with Crippen LogP contribution in [0.1, 0.15) is 29.8 Å². The van der Waals surface area contributed by atoms with Crippen LogP contribution in [0.15, 0.2) is 42.5 Å². The maximum atomic E-state index is 11.6. The minimum atomic E-state index is -0.985. The molecule has 0 saturated heterocycles. The second-order valence-electron chi connectivity index (χ2n) is 7.28. The van der Waals surface area contributed by atoms with E-state index >= 15 is 0 Å². The van der Waals surface area contributed by atoms with Crippen LogP contribution in [-0.2, 0) is 16.1 Å². The molecule has 0 bridgehead atoms. The molecule has 9 heteroatoms. The zero-order valence-corrected chi connectivity index (χ0v) is 18.4. The fourth-order valence-electron chi connectivity index (χ4n) is 2.86. The Morgan fingerprint density at radius 2 is 1.74 bits per heavy atom. The van der Waals surface area contributed by atoms with Crippen LogP contribution in [0, 0.1) is 0 Å². The molecule has 0 aliphatic carbocycles. The largest absolute Gasteiger partial charge is 0.480 e. The molecular weight excluding hydrogens is 416 g/mol. The number of benzene rings is 2. The van der Waals surface area contributed by atoms with E-state index in [0.29, 0.717) is 12.1 Å². The predicted octanol–water partition coefficient (Wildman–Crippen LogP) is 2.76.